The number of tetrazole rings is 1. The molecule has 0 spiro atoms. The van der Waals surface area contributed by atoms with Crippen LogP contribution in [0.4, 0.5) is 5.69 Å². The molecule has 3 heterocycles. The zero-order chi connectivity index (χ0) is 16.6. The van der Waals surface area contributed by atoms with Gasteiger partial charge < -0.3 is 5.73 Å². The van der Waals surface area contributed by atoms with Crippen LogP contribution in [0.25, 0.3) is 22.5 Å². The molecule has 0 aliphatic carbocycles. The summed E-state index contributed by atoms with van der Waals surface area (Å²) in [6.45, 7) is 10.2. The summed E-state index contributed by atoms with van der Waals surface area (Å²) in [6, 6.07) is 5.89. The molecule has 2 N–H and O–H groups in total. The molecular formula is C17H20N6. The Bertz CT molecular complexity index is 893. The maximum absolute atomic E-state index is 6.13. The lowest BCUT2D eigenvalue weighted by atomic mass is 10.0. The van der Waals surface area contributed by atoms with Gasteiger partial charge >= 0.3 is 0 Å². The maximum atomic E-state index is 6.13. The van der Waals surface area contributed by atoms with E-state index in [9.17, 15) is 0 Å². The largest absolute Gasteiger partial charge is 0.397 e. The molecule has 0 unspecified atom stereocenters. The minimum absolute atomic E-state index is 0.666. The molecule has 23 heavy (non-hydrogen) atoms. The number of nitrogens with zero attached hydrogens (tertiary/aromatic N) is 5. The highest BCUT2D eigenvalue weighted by Gasteiger charge is 2.16. The van der Waals surface area contributed by atoms with Crippen molar-refractivity contribution < 1.29 is 0 Å². The van der Waals surface area contributed by atoms with Gasteiger partial charge in [0.1, 0.15) is 0 Å². The predicted octanol–water partition coefficient (Wildman–Crippen LogP) is 3.06. The highest BCUT2D eigenvalue weighted by molar-refractivity contribution is 5.76. The molecule has 118 valence electrons. The number of fused-ring (bicyclic) bond motifs is 1. The van der Waals surface area contributed by atoms with E-state index in [-0.39, 0.29) is 0 Å². The van der Waals surface area contributed by atoms with Crippen molar-refractivity contribution in [3.05, 3.63) is 41.7 Å². The molecule has 0 radical (unpaired) electrons. The van der Waals surface area contributed by atoms with E-state index in [4.69, 9.17) is 10.7 Å². The number of aromatic nitrogens is 5. The number of nitrogen functional groups attached to an aromatic ring is 1. The van der Waals surface area contributed by atoms with E-state index < -0.39 is 0 Å². The third-order valence-electron chi connectivity index (χ3n) is 4.05. The maximum Gasteiger partial charge on any atom is 0.179 e. The van der Waals surface area contributed by atoms with Crippen molar-refractivity contribution in [3.63, 3.8) is 0 Å². The number of hydrogen-bond acceptors (Lipinski definition) is 5. The smallest absolute Gasteiger partial charge is 0.179 e. The minimum atomic E-state index is 0.666. The Hall–Kier alpha value is -2.76. The van der Waals surface area contributed by atoms with E-state index in [1.54, 1.807) is 4.52 Å². The van der Waals surface area contributed by atoms with E-state index >= 15 is 0 Å². The average Bonchev–Trinajstić information content (AvgIpc) is 3.02. The fourth-order valence-corrected chi connectivity index (χ4v) is 2.77. The van der Waals surface area contributed by atoms with E-state index in [0.717, 1.165) is 52.3 Å². The number of hydrogen-bond donors (Lipinski definition) is 1. The first-order valence-corrected chi connectivity index (χ1v) is 7.72. The predicted molar refractivity (Wildman–Crippen MR) is 91.9 cm³/mol. The van der Waals surface area contributed by atoms with Crippen molar-refractivity contribution in [3.8, 4) is 11.3 Å². The summed E-state index contributed by atoms with van der Waals surface area (Å²) >= 11 is 0. The van der Waals surface area contributed by atoms with Crippen LogP contribution >= 0.6 is 0 Å². The summed E-state index contributed by atoms with van der Waals surface area (Å²) in [5, 5.41) is 11.8. The molecule has 0 bridgehead atoms. The van der Waals surface area contributed by atoms with Gasteiger partial charge in [0.15, 0.2) is 5.65 Å². The Balaban J connectivity index is 2.28. The first-order valence-electron chi connectivity index (χ1n) is 7.72. The monoisotopic (exact) mass is 308 g/mol. The number of anilines is 1. The van der Waals surface area contributed by atoms with Crippen LogP contribution in [0.15, 0.2) is 24.8 Å². The molecule has 0 amide bonds. The van der Waals surface area contributed by atoms with Crippen LogP contribution in [0.2, 0.25) is 0 Å². The molecule has 0 aliphatic heterocycles. The summed E-state index contributed by atoms with van der Waals surface area (Å²) in [7, 11) is 0. The fraction of sp³-hybridized carbons (Fsp3) is 0.294. The Morgan fingerprint density at radius 1 is 1.30 bits per heavy atom. The molecule has 0 saturated heterocycles. The van der Waals surface area contributed by atoms with Crippen LogP contribution in [-0.2, 0) is 6.42 Å². The molecule has 0 fully saturated rings. The quantitative estimate of drug-likeness (QED) is 0.801. The molecule has 6 nitrogen and oxygen atoms in total. The van der Waals surface area contributed by atoms with E-state index in [0.29, 0.717) is 5.69 Å². The van der Waals surface area contributed by atoms with Crippen molar-refractivity contribution in [2.75, 3.05) is 5.73 Å². The lowest BCUT2D eigenvalue weighted by Crippen LogP contribution is -2.05. The van der Waals surface area contributed by atoms with Crippen LogP contribution in [0.5, 0.6) is 0 Å². The van der Waals surface area contributed by atoms with Crippen LogP contribution in [0, 0.1) is 6.92 Å². The van der Waals surface area contributed by atoms with Gasteiger partial charge in [-0.05, 0) is 59.5 Å². The first kappa shape index (κ1) is 15.1. The first-order chi connectivity index (χ1) is 11.1. The standard InChI is InChI=1S/C17H20N6/c1-5-10(3)17-13(18)9-11(4)16(19-17)12-7-8-15-20-21-22-23(15)14(12)6-2/h7-9H,3,5-6,18H2,1-2,4H3. The van der Waals surface area contributed by atoms with Crippen molar-refractivity contribution >= 4 is 16.9 Å². The van der Waals surface area contributed by atoms with Crippen LogP contribution in [0.1, 0.15) is 37.2 Å². The molecule has 3 aromatic heterocycles. The van der Waals surface area contributed by atoms with Crippen LogP contribution in [0.3, 0.4) is 0 Å². The summed E-state index contributed by atoms with van der Waals surface area (Å²) < 4.78 is 1.77. The Labute approximate surface area is 135 Å². The Morgan fingerprint density at radius 2 is 2.09 bits per heavy atom. The van der Waals surface area contributed by atoms with Gasteiger partial charge in [-0.15, -0.1) is 5.10 Å². The minimum Gasteiger partial charge on any atom is -0.397 e. The average molecular weight is 308 g/mol. The third-order valence-corrected chi connectivity index (χ3v) is 4.05. The molecule has 0 saturated carbocycles. The molecule has 3 aromatic rings. The number of nitrogens with two attached hydrogens (primary N) is 1. The fourth-order valence-electron chi connectivity index (χ4n) is 2.77. The van der Waals surface area contributed by atoms with Crippen molar-refractivity contribution in [1.29, 1.82) is 0 Å². The van der Waals surface area contributed by atoms with Crippen molar-refractivity contribution in [1.82, 2.24) is 25.0 Å². The van der Waals surface area contributed by atoms with Gasteiger partial charge in [-0.25, -0.2) is 4.98 Å². The van der Waals surface area contributed by atoms with Crippen LogP contribution in [-0.4, -0.2) is 25.0 Å². The van der Waals surface area contributed by atoms with Gasteiger partial charge in [-0.3, -0.25) is 0 Å². The summed E-state index contributed by atoms with van der Waals surface area (Å²) in [5.74, 6) is 0. The molecular weight excluding hydrogens is 288 g/mol. The van der Waals surface area contributed by atoms with Gasteiger partial charge in [0.2, 0.25) is 0 Å². The number of allylic oxidation sites excluding steroid dienone is 1. The Morgan fingerprint density at radius 3 is 2.78 bits per heavy atom. The van der Waals surface area contributed by atoms with E-state index in [2.05, 4.69) is 29.0 Å². The summed E-state index contributed by atoms with van der Waals surface area (Å²) in [4.78, 5) is 4.81. The normalized spacial score (nSPS) is 11.1. The lowest BCUT2D eigenvalue weighted by molar-refractivity contribution is 0.784. The second-order valence-corrected chi connectivity index (χ2v) is 5.54. The second kappa shape index (κ2) is 5.79. The third kappa shape index (κ3) is 2.46. The zero-order valence-electron chi connectivity index (χ0n) is 13.7. The number of pyridine rings is 2. The summed E-state index contributed by atoms with van der Waals surface area (Å²) in [6.07, 6.45) is 1.61. The van der Waals surface area contributed by atoms with Gasteiger partial charge in [0, 0.05) is 5.56 Å². The van der Waals surface area contributed by atoms with Gasteiger partial charge in [-0.1, -0.05) is 20.4 Å². The number of rotatable bonds is 4. The molecule has 0 atom stereocenters. The molecule has 6 heteroatoms. The Kier molecular flexibility index (Phi) is 3.82. The van der Waals surface area contributed by atoms with E-state index in [1.165, 1.54) is 0 Å². The molecule has 3 rings (SSSR count). The van der Waals surface area contributed by atoms with Gasteiger partial charge in [0.25, 0.3) is 0 Å². The highest BCUT2D eigenvalue weighted by atomic mass is 15.5. The molecule has 0 aliphatic rings. The lowest BCUT2D eigenvalue weighted by Gasteiger charge is -2.15. The van der Waals surface area contributed by atoms with E-state index in [1.807, 2.05) is 32.0 Å². The number of aryl methyl sites for hydroxylation is 2. The summed E-state index contributed by atoms with van der Waals surface area (Å²) in [5.41, 5.74) is 13.2. The van der Waals surface area contributed by atoms with Crippen molar-refractivity contribution in [2.45, 2.75) is 33.6 Å². The van der Waals surface area contributed by atoms with Gasteiger partial charge in [-0.2, -0.15) is 4.52 Å². The second-order valence-electron chi connectivity index (χ2n) is 5.54. The highest BCUT2D eigenvalue weighted by Crippen LogP contribution is 2.31. The van der Waals surface area contributed by atoms with Crippen LogP contribution < -0.4 is 5.73 Å². The van der Waals surface area contributed by atoms with Gasteiger partial charge in [0.05, 0.1) is 22.8 Å². The molecule has 0 aromatic carbocycles. The zero-order valence-corrected chi connectivity index (χ0v) is 13.7. The topological polar surface area (TPSA) is 82.0 Å². The SMILES string of the molecule is C=C(CC)c1nc(-c2ccc3nnnn3c2CC)c(C)cc1N. The van der Waals surface area contributed by atoms with Crippen molar-refractivity contribution in [2.24, 2.45) is 0 Å².